The monoisotopic (exact) mass is 281 g/mol. The standard InChI is InChI=1S/C16H15N3O2/c1-11(20)19-15(12-6-2-3-8-16(12)21)10-14(18-19)13-7-4-5-9-17-13/h2-9,15,21H,10H2,1H3. The molecule has 5 heteroatoms. The molecule has 1 atom stereocenters. The molecule has 1 aromatic carbocycles. The van der Waals surface area contributed by atoms with Crippen molar-refractivity contribution in [2.75, 3.05) is 0 Å². The third-order valence-corrected chi connectivity index (χ3v) is 3.49. The third-order valence-electron chi connectivity index (χ3n) is 3.49. The lowest BCUT2D eigenvalue weighted by Crippen LogP contribution is -2.24. The van der Waals surface area contributed by atoms with E-state index >= 15 is 0 Å². The number of phenols is 1. The molecule has 0 fully saturated rings. The fraction of sp³-hybridized carbons (Fsp3) is 0.188. The molecule has 0 aliphatic carbocycles. The Labute approximate surface area is 122 Å². The van der Waals surface area contributed by atoms with E-state index < -0.39 is 0 Å². The van der Waals surface area contributed by atoms with Gasteiger partial charge >= 0.3 is 0 Å². The van der Waals surface area contributed by atoms with Crippen LogP contribution in [-0.4, -0.2) is 26.7 Å². The number of hydrazone groups is 1. The highest BCUT2D eigenvalue weighted by atomic mass is 16.3. The van der Waals surface area contributed by atoms with Gasteiger partial charge in [0.05, 0.1) is 17.4 Å². The van der Waals surface area contributed by atoms with Crippen molar-refractivity contribution in [1.82, 2.24) is 9.99 Å². The normalized spacial score (nSPS) is 17.7. The summed E-state index contributed by atoms with van der Waals surface area (Å²) in [6.45, 7) is 1.47. The van der Waals surface area contributed by atoms with Crippen molar-refractivity contribution in [3.05, 3.63) is 59.9 Å². The summed E-state index contributed by atoms with van der Waals surface area (Å²) in [5, 5.41) is 15.8. The molecule has 1 aliphatic rings. The first-order chi connectivity index (χ1) is 10.2. The van der Waals surface area contributed by atoms with Crippen LogP contribution in [0.1, 0.15) is 30.6 Å². The van der Waals surface area contributed by atoms with Gasteiger partial charge in [-0.2, -0.15) is 5.10 Å². The minimum absolute atomic E-state index is 0.158. The molecule has 106 valence electrons. The van der Waals surface area contributed by atoms with Crippen molar-refractivity contribution < 1.29 is 9.90 Å². The van der Waals surface area contributed by atoms with Gasteiger partial charge in [0.1, 0.15) is 5.75 Å². The molecular formula is C16H15N3O2. The Balaban J connectivity index is 1.98. The van der Waals surface area contributed by atoms with Crippen LogP contribution in [0.4, 0.5) is 0 Å². The van der Waals surface area contributed by atoms with E-state index in [0.29, 0.717) is 12.0 Å². The van der Waals surface area contributed by atoms with Crippen LogP contribution < -0.4 is 0 Å². The lowest BCUT2D eigenvalue weighted by atomic mass is 9.99. The van der Waals surface area contributed by atoms with Crippen LogP contribution in [0.5, 0.6) is 5.75 Å². The number of para-hydroxylation sites is 1. The molecule has 0 saturated heterocycles. The fourth-order valence-corrected chi connectivity index (χ4v) is 2.50. The Morgan fingerprint density at radius 1 is 1.24 bits per heavy atom. The average Bonchev–Trinajstić information content (AvgIpc) is 2.94. The zero-order chi connectivity index (χ0) is 14.8. The maximum atomic E-state index is 11.8. The first kappa shape index (κ1) is 13.3. The van der Waals surface area contributed by atoms with E-state index in [1.165, 1.54) is 11.9 Å². The quantitative estimate of drug-likeness (QED) is 0.919. The molecule has 0 radical (unpaired) electrons. The van der Waals surface area contributed by atoms with Gasteiger partial charge in [0.2, 0.25) is 5.91 Å². The number of carbonyl (C=O) groups is 1. The summed E-state index contributed by atoms with van der Waals surface area (Å²) in [5.41, 5.74) is 2.20. The summed E-state index contributed by atoms with van der Waals surface area (Å²) < 4.78 is 0. The number of aromatic nitrogens is 1. The number of hydrogen-bond acceptors (Lipinski definition) is 4. The van der Waals surface area contributed by atoms with Gasteiger partial charge in [0.15, 0.2) is 0 Å². The van der Waals surface area contributed by atoms with Crippen molar-refractivity contribution in [2.45, 2.75) is 19.4 Å². The number of rotatable bonds is 2. The largest absolute Gasteiger partial charge is 0.508 e. The minimum atomic E-state index is -0.291. The lowest BCUT2D eigenvalue weighted by molar-refractivity contribution is -0.130. The molecule has 21 heavy (non-hydrogen) atoms. The van der Waals surface area contributed by atoms with Gasteiger partial charge in [0.25, 0.3) is 0 Å². The molecule has 2 heterocycles. The average molecular weight is 281 g/mol. The molecule has 1 amide bonds. The van der Waals surface area contributed by atoms with Crippen LogP contribution in [0.25, 0.3) is 0 Å². The third kappa shape index (κ3) is 2.50. The van der Waals surface area contributed by atoms with Crippen molar-refractivity contribution >= 4 is 11.6 Å². The maximum Gasteiger partial charge on any atom is 0.240 e. The second-order valence-electron chi connectivity index (χ2n) is 4.90. The van der Waals surface area contributed by atoms with E-state index in [0.717, 1.165) is 11.4 Å². The Kier molecular flexibility index (Phi) is 3.39. The smallest absolute Gasteiger partial charge is 0.240 e. The zero-order valence-electron chi connectivity index (χ0n) is 11.6. The number of hydrogen-bond donors (Lipinski definition) is 1. The summed E-state index contributed by atoms with van der Waals surface area (Å²) in [5.74, 6) is 0.0143. The Morgan fingerprint density at radius 3 is 2.67 bits per heavy atom. The van der Waals surface area contributed by atoms with Crippen LogP contribution in [-0.2, 0) is 4.79 Å². The molecule has 1 aromatic heterocycles. The number of aromatic hydroxyl groups is 1. The molecule has 0 saturated carbocycles. The molecule has 2 aromatic rings. The Hall–Kier alpha value is -2.69. The highest BCUT2D eigenvalue weighted by molar-refractivity contribution is 6.01. The second-order valence-corrected chi connectivity index (χ2v) is 4.90. The Morgan fingerprint density at radius 2 is 2.00 bits per heavy atom. The van der Waals surface area contributed by atoms with Crippen LogP contribution in [0.2, 0.25) is 0 Å². The molecular weight excluding hydrogens is 266 g/mol. The van der Waals surface area contributed by atoms with E-state index in [-0.39, 0.29) is 17.7 Å². The van der Waals surface area contributed by atoms with Crippen LogP contribution in [0.15, 0.2) is 53.8 Å². The van der Waals surface area contributed by atoms with Gasteiger partial charge in [0, 0.05) is 25.1 Å². The van der Waals surface area contributed by atoms with E-state index in [9.17, 15) is 9.90 Å². The maximum absolute atomic E-state index is 11.8. The van der Waals surface area contributed by atoms with Gasteiger partial charge in [-0.1, -0.05) is 24.3 Å². The second kappa shape index (κ2) is 5.36. The summed E-state index contributed by atoms with van der Waals surface area (Å²) in [6, 6.07) is 12.3. The molecule has 1 unspecified atom stereocenters. The molecule has 1 aliphatic heterocycles. The minimum Gasteiger partial charge on any atom is -0.508 e. The van der Waals surface area contributed by atoms with Crippen molar-refractivity contribution in [1.29, 1.82) is 0 Å². The fourth-order valence-electron chi connectivity index (χ4n) is 2.50. The lowest BCUT2D eigenvalue weighted by Gasteiger charge is -2.21. The van der Waals surface area contributed by atoms with Crippen molar-refractivity contribution in [3.63, 3.8) is 0 Å². The topological polar surface area (TPSA) is 65.8 Å². The van der Waals surface area contributed by atoms with Gasteiger partial charge in [-0.15, -0.1) is 0 Å². The van der Waals surface area contributed by atoms with E-state index in [2.05, 4.69) is 10.1 Å². The molecule has 0 spiro atoms. The SMILES string of the molecule is CC(=O)N1N=C(c2ccccn2)CC1c1ccccc1O. The number of phenolic OH excluding ortho intramolecular Hbond substituents is 1. The predicted molar refractivity (Wildman–Crippen MR) is 78.8 cm³/mol. The summed E-state index contributed by atoms with van der Waals surface area (Å²) in [6.07, 6.45) is 2.23. The molecule has 1 N–H and O–H groups in total. The number of carbonyl (C=O) groups excluding carboxylic acids is 1. The van der Waals surface area contributed by atoms with Gasteiger partial charge in [-0.3, -0.25) is 9.78 Å². The van der Waals surface area contributed by atoms with Gasteiger partial charge in [-0.25, -0.2) is 5.01 Å². The Bertz CT molecular complexity index is 698. The number of pyridine rings is 1. The van der Waals surface area contributed by atoms with E-state index in [1.807, 2.05) is 30.3 Å². The highest BCUT2D eigenvalue weighted by Crippen LogP contribution is 2.36. The first-order valence-corrected chi connectivity index (χ1v) is 6.73. The van der Waals surface area contributed by atoms with Crippen LogP contribution >= 0.6 is 0 Å². The first-order valence-electron chi connectivity index (χ1n) is 6.73. The van der Waals surface area contributed by atoms with Gasteiger partial charge < -0.3 is 5.11 Å². The number of nitrogens with zero attached hydrogens (tertiary/aromatic N) is 3. The van der Waals surface area contributed by atoms with Gasteiger partial charge in [-0.05, 0) is 18.2 Å². The number of amides is 1. The summed E-state index contributed by atoms with van der Waals surface area (Å²) in [4.78, 5) is 16.1. The van der Waals surface area contributed by atoms with Crippen molar-refractivity contribution in [3.8, 4) is 5.75 Å². The van der Waals surface area contributed by atoms with Crippen molar-refractivity contribution in [2.24, 2.45) is 5.10 Å². The number of benzene rings is 1. The summed E-state index contributed by atoms with van der Waals surface area (Å²) in [7, 11) is 0. The van der Waals surface area contributed by atoms with E-state index in [4.69, 9.17) is 0 Å². The van der Waals surface area contributed by atoms with Crippen LogP contribution in [0, 0.1) is 0 Å². The molecule has 5 nitrogen and oxygen atoms in total. The molecule has 3 rings (SSSR count). The highest BCUT2D eigenvalue weighted by Gasteiger charge is 2.33. The molecule has 0 bridgehead atoms. The van der Waals surface area contributed by atoms with E-state index in [1.54, 1.807) is 18.3 Å². The summed E-state index contributed by atoms with van der Waals surface area (Å²) >= 11 is 0. The van der Waals surface area contributed by atoms with Crippen LogP contribution in [0.3, 0.4) is 0 Å². The zero-order valence-corrected chi connectivity index (χ0v) is 11.6. The predicted octanol–water partition coefficient (Wildman–Crippen LogP) is 2.48.